The maximum Gasteiger partial charge on any atom is 0.343 e. The zero-order chi connectivity index (χ0) is 18.8. The number of anilines is 1. The molecule has 4 rings (SSSR count). The van der Waals surface area contributed by atoms with E-state index in [4.69, 9.17) is 4.74 Å². The highest BCUT2D eigenvalue weighted by Gasteiger charge is 2.17. The lowest BCUT2D eigenvalue weighted by Crippen LogP contribution is -2.29. The van der Waals surface area contributed by atoms with E-state index in [1.54, 1.807) is 6.92 Å². The molecule has 3 heterocycles. The largest absolute Gasteiger partial charge is 0.462 e. The van der Waals surface area contributed by atoms with Crippen molar-refractivity contribution >= 4 is 17.3 Å². The molecule has 0 atom stereocenters. The Labute approximate surface area is 156 Å². The molecule has 7 nitrogen and oxygen atoms in total. The second-order valence-electron chi connectivity index (χ2n) is 6.65. The molecule has 0 spiro atoms. The number of nitrogens with one attached hydrogen (secondary N) is 1. The van der Waals surface area contributed by atoms with E-state index < -0.39 is 5.97 Å². The van der Waals surface area contributed by atoms with Crippen LogP contribution in [0.15, 0.2) is 41.3 Å². The third kappa shape index (κ3) is 3.32. The van der Waals surface area contributed by atoms with Crippen molar-refractivity contribution in [2.75, 3.05) is 24.6 Å². The quantitative estimate of drug-likeness (QED) is 0.718. The SMILES string of the molecule is CCOC(=O)c1cnn2c(=O)cc(-c3ccc(N4CCCCC4)cc3)[nH]c12. The summed E-state index contributed by atoms with van der Waals surface area (Å²) in [6.07, 6.45) is 5.10. The zero-order valence-electron chi connectivity index (χ0n) is 15.3. The molecule has 0 saturated carbocycles. The summed E-state index contributed by atoms with van der Waals surface area (Å²) in [5.74, 6) is -0.499. The number of rotatable bonds is 4. The standard InChI is InChI=1S/C20H22N4O3/c1-2-27-20(26)16-13-21-24-18(25)12-17(22-19(16)24)14-6-8-15(9-7-14)23-10-4-3-5-11-23/h6-9,12-13,22H,2-5,10-11H2,1H3. The summed E-state index contributed by atoms with van der Waals surface area (Å²) in [4.78, 5) is 30.0. The van der Waals surface area contributed by atoms with E-state index in [-0.39, 0.29) is 17.7 Å². The van der Waals surface area contributed by atoms with Crippen LogP contribution < -0.4 is 10.5 Å². The van der Waals surface area contributed by atoms with Crippen molar-refractivity contribution in [1.29, 1.82) is 0 Å². The molecule has 1 aliphatic rings. The van der Waals surface area contributed by atoms with Crippen molar-refractivity contribution in [3.63, 3.8) is 0 Å². The summed E-state index contributed by atoms with van der Waals surface area (Å²) in [7, 11) is 0. The first-order valence-electron chi connectivity index (χ1n) is 9.31. The Bertz CT molecular complexity index is 1010. The van der Waals surface area contributed by atoms with Gasteiger partial charge in [0.25, 0.3) is 5.56 Å². The molecule has 0 amide bonds. The van der Waals surface area contributed by atoms with E-state index in [0.29, 0.717) is 11.3 Å². The Morgan fingerprint density at radius 3 is 2.63 bits per heavy atom. The van der Waals surface area contributed by atoms with Crippen molar-refractivity contribution in [3.05, 3.63) is 52.4 Å². The number of aromatic amines is 1. The molecular weight excluding hydrogens is 344 g/mol. The van der Waals surface area contributed by atoms with E-state index in [9.17, 15) is 9.59 Å². The van der Waals surface area contributed by atoms with Gasteiger partial charge in [0, 0.05) is 24.8 Å². The minimum atomic E-state index is -0.499. The fourth-order valence-electron chi connectivity index (χ4n) is 3.50. The predicted octanol–water partition coefficient (Wildman–Crippen LogP) is 2.86. The summed E-state index contributed by atoms with van der Waals surface area (Å²) in [5.41, 5.74) is 3.01. The Kier molecular flexibility index (Phi) is 4.66. The van der Waals surface area contributed by atoms with Crippen molar-refractivity contribution < 1.29 is 9.53 Å². The third-order valence-corrected chi connectivity index (χ3v) is 4.89. The molecule has 3 aromatic rings. The number of carbonyl (C=O) groups is 1. The molecule has 0 aliphatic carbocycles. The number of esters is 1. The number of piperidine rings is 1. The fraction of sp³-hybridized carbons (Fsp3) is 0.350. The second-order valence-corrected chi connectivity index (χ2v) is 6.65. The van der Waals surface area contributed by atoms with Crippen LogP contribution in [-0.4, -0.2) is 40.3 Å². The number of H-pyrrole nitrogens is 1. The van der Waals surface area contributed by atoms with Gasteiger partial charge in [-0.2, -0.15) is 9.61 Å². The van der Waals surface area contributed by atoms with Crippen LogP contribution in [0.5, 0.6) is 0 Å². The van der Waals surface area contributed by atoms with Gasteiger partial charge in [-0.25, -0.2) is 4.79 Å². The number of aromatic nitrogens is 3. The van der Waals surface area contributed by atoms with E-state index >= 15 is 0 Å². The molecule has 1 aromatic carbocycles. The summed E-state index contributed by atoms with van der Waals surface area (Å²) in [5, 5.41) is 4.00. The maximum atomic E-state index is 12.4. The highest BCUT2D eigenvalue weighted by atomic mass is 16.5. The molecule has 27 heavy (non-hydrogen) atoms. The van der Waals surface area contributed by atoms with Crippen molar-refractivity contribution in [1.82, 2.24) is 14.6 Å². The average molecular weight is 366 g/mol. The second kappa shape index (κ2) is 7.26. The fourth-order valence-corrected chi connectivity index (χ4v) is 3.50. The van der Waals surface area contributed by atoms with Crippen molar-refractivity contribution in [2.45, 2.75) is 26.2 Å². The van der Waals surface area contributed by atoms with Crippen LogP contribution in [0.3, 0.4) is 0 Å². The predicted molar refractivity (Wildman–Crippen MR) is 103 cm³/mol. The number of benzene rings is 1. The maximum absolute atomic E-state index is 12.4. The summed E-state index contributed by atoms with van der Waals surface area (Å²) in [6.45, 7) is 4.17. The van der Waals surface area contributed by atoms with Gasteiger partial charge in [0.2, 0.25) is 0 Å². The average Bonchev–Trinajstić information content (AvgIpc) is 3.14. The van der Waals surface area contributed by atoms with E-state index in [1.165, 1.54) is 41.7 Å². The molecule has 1 fully saturated rings. The van der Waals surface area contributed by atoms with Crippen LogP contribution in [0.25, 0.3) is 16.9 Å². The van der Waals surface area contributed by atoms with Crippen LogP contribution in [-0.2, 0) is 4.74 Å². The lowest BCUT2D eigenvalue weighted by atomic mass is 10.1. The highest BCUT2D eigenvalue weighted by Crippen LogP contribution is 2.24. The van der Waals surface area contributed by atoms with Crippen LogP contribution in [0.4, 0.5) is 5.69 Å². The molecule has 0 radical (unpaired) electrons. The van der Waals surface area contributed by atoms with Gasteiger partial charge in [0.1, 0.15) is 5.56 Å². The van der Waals surface area contributed by atoms with Gasteiger partial charge in [-0.05, 0) is 43.9 Å². The molecule has 2 aromatic heterocycles. The molecule has 0 unspecified atom stereocenters. The monoisotopic (exact) mass is 366 g/mol. The Morgan fingerprint density at radius 2 is 1.93 bits per heavy atom. The lowest BCUT2D eigenvalue weighted by molar-refractivity contribution is 0.0528. The summed E-state index contributed by atoms with van der Waals surface area (Å²) in [6, 6.07) is 9.63. The number of fused-ring (bicyclic) bond motifs is 1. The molecule has 1 aliphatic heterocycles. The Morgan fingerprint density at radius 1 is 1.19 bits per heavy atom. The van der Waals surface area contributed by atoms with Gasteiger partial charge in [0.15, 0.2) is 5.65 Å². The van der Waals surface area contributed by atoms with Gasteiger partial charge in [-0.1, -0.05) is 12.1 Å². The molecule has 1 saturated heterocycles. The van der Waals surface area contributed by atoms with Gasteiger partial charge < -0.3 is 14.6 Å². The lowest BCUT2D eigenvalue weighted by Gasteiger charge is -2.28. The normalized spacial score (nSPS) is 14.5. The number of hydrogen-bond acceptors (Lipinski definition) is 5. The van der Waals surface area contributed by atoms with Gasteiger partial charge >= 0.3 is 5.97 Å². The number of nitrogens with zero attached hydrogens (tertiary/aromatic N) is 3. The summed E-state index contributed by atoms with van der Waals surface area (Å²) >= 11 is 0. The molecular formula is C20H22N4O3. The molecule has 1 N–H and O–H groups in total. The zero-order valence-corrected chi connectivity index (χ0v) is 15.3. The van der Waals surface area contributed by atoms with Crippen molar-refractivity contribution in [2.24, 2.45) is 0 Å². The van der Waals surface area contributed by atoms with Gasteiger partial charge in [-0.3, -0.25) is 4.79 Å². The van der Waals surface area contributed by atoms with Gasteiger partial charge in [-0.15, -0.1) is 0 Å². The molecule has 7 heteroatoms. The van der Waals surface area contributed by atoms with Gasteiger partial charge in [0.05, 0.1) is 18.5 Å². The first kappa shape index (κ1) is 17.3. The minimum Gasteiger partial charge on any atom is -0.462 e. The van der Waals surface area contributed by atoms with E-state index in [0.717, 1.165) is 18.7 Å². The van der Waals surface area contributed by atoms with E-state index in [1.807, 2.05) is 12.1 Å². The van der Waals surface area contributed by atoms with Crippen LogP contribution >= 0.6 is 0 Å². The number of ether oxygens (including phenoxy) is 1. The Balaban J connectivity index is 1.69. The smallest absolute Gasteiger partial charge is 0.343 e. The van der Waals surface area contributed by atoms with Crippen molar-refractivity contribution in [3.8, 4) is 11.3 Å². The highest BCUT2D eigenvalue weighted by molar-refractivity contribution is 5.95. The van der Waals surface area contributed by atoms with Crippen LogP contribution in [0.2, 0.25) is 0 Å². The van der Waals surface area contributed by atoms with Crippen LogP contribution in [0.1, 0.15) is 36.5 Å². The first-order valence-corrected chi connectivity index (χ1v) is 9.31. The minimum absolute atomic E-state index is 0.251. The van der Waals surface area contributed by atoms with Crippen LogP contribution in [0, 0.1) is 0 Å². The molecule has 140 valence electrons. The third-order valence-electron chi connectivity index (χ3n) is 4.89. The topological polar surface area (TPSA) is 79.7 Å². The molecule has 0 bridgehead atoms. The van der Waals surface area contributed by atoms with E-state index in [2.05, 4.69) is 27.1 Å². The number of carbonyl (C=O) groups excluding carboxylic acids is 1. The Hall–Kier alpha value is -3.09. The number of hydrogen-bond donors (Lipinski definition) is 1. The first-order chi connectivity index (χ1) is 13.2. The summed E-state index contributed by atoms with van der Waals surface area (Å²) < 4.78 is 6.22.